The van der Waals surface area contributed by atoms with E-state index in [1.165, 1.54) is 66.2 Å². The highest BCUT2D eigenvalue weighted by atomic mass is 15.1. The van der Waals surface area contributed by atoms with E-state index in [-0.39, 0.29) is 6.71 Å². The van der Waals surface area contributed by atoms with Gasteiger partial charge in [-0.1, -0.05) is 211 Å². The van der Waals surface area contributed by atoms with Crippen molar-refractivity contribution in [2.75, 3.05) is 0 Å². The largest absolute Gasteiger partial charge is 0.292 e. The molecule has 0 atom stereocenters. The zero-order valence-electron chi connectivity index (χ0n) is 37.8. The molecule has 0 spiro atoms. The standard InChI is InChI=1S/C58H55BN4/c1-36(2)44-24-17-25-45(37(3)4)55(44)54-35-60-58-50-34-43(31-32-48(50)49-23-12-14-29-52(49)62(54)58)59(41-20-10-9-11-21-41)42-22-16-19-40(33-42)57-61-51-28-13-15-30-53(51)63(57)56-46(38(5)6)26-18-27-47(56)39(7)8/h9-39H,1-8H3. The van der Waals surface area contributed by atoms with E-state index in [9.17, 15) is 0 Å². The number of nitrogens with zero attached hydrogens (tertiary/aromatic N) is 4. The molecule has 5 heteroatoms. The lowest BCUT2D eigenvalue weighted by Crippen LogP contribution is -2.52. The van der Waals surface area contributed by atoms with Crippen molar-refractivity contribution in [3.05, 3.63) is 186 Å². The summed E-state index contributed by atoms with van der Waals surface area (Å²) in [5, 5.41) is 3.58. The highest BCUT2D eigenvalue weighted by Crippen LogP contribution is 2.40. The SMILES string of the molecule is CC(C)c1cccc(C(C)C)c1-c1cnc2c3cc(B(c4ccccc4)c4cccc(-c5nc6ccccc6n5-c5c(C(C)C)cccc5C(C)C)c4)ccc3c3ccccc3n12. The van der Waals surface area contributed by atoms with E-state index in [0.29, 0.717) is 23.7 Å². The lowest BCUT2D eigenvalue weighted by atomic mass is 9.36. The van der Waals surface area contributed by atoms with Crippen molar-refractivity contribution < 1.29 is 0 Å². The number of aromatic nitrogens is 4. The normalized spacial score (nSPS) is 12.1. The topological polar surface area (TPSA) is 35.1 Å². The Bertz CT molecular complexity index is 3260. The smallest absolute Gasteiger partial charge is 0.241 e. The molecule has 7 aromatic carbocycles. The molecule has 0 aliphatic heterocycles. The first-order valence-corrected chi connectivity index (χ1v) is 22.8. The Balaban J connectivity index is 1.21. The summed E-state index contributed by atoms with van der Waals surface area (Å²) in [5.41, 5.74) is 18.1. The lowest BCUT2D eigenvalue weighted by molar-refractivity contribution is 0.811. The van der Waals surface area contributed by atoms with Crippen molar-refractivity contribution in [2.45, 2.75) is 79.1 Å². The molecule has 3 heterocycles. The van der Waals surface area contributed by atoms with Crippen molar-refractivity contribution in [1.82, 2.24) is 18.9 Å². The Hall–Kier alpha value is -6.72. The zero-order valence-corrected chi connectivity index (χ0v) is 37.8. The van der Waals surface area contributed by atoms with Crippen LogP contribution in [0.3, 0.4) is 0 Å². The molecular weight excluding hydrogens is 763 g/mol. The van der Waals surface area contributed by atoms with Crippen LogP contribution in [0, 0.1) is 0 Å². The van der Waals surface area contributed by atoms with Crippen molar-refractivity contribution in [3.8, 4) is 28.3 Å². The van der Waals surface area contributed by atoms with E-state index in [0.717, 1.165) is 39.1 Å². The number of hydrogen-bond donors (Lipinski definition) is 0. The van der Waals surface area contributed by atoms with Gasteiger partial charge in [-0.2, -0.15) is 0 Å². The Morgan fingerprint density at radius 2 is 1.03 bits per heavy atom. The van der Waals surface area contributed by atoms with Crippen LogP contribution in [-0.4, -0.2) is 25.6 Å². The van der Waals surface area contributed by atoms with Crippen molar-refractivity contribution in [2.24, 2.45) is 0 Å². The quantitative estimate of drug-likeness (QED) is 0.102. The monoisotopic (exact) mass is 818 g/mol. The van der Waals surface area contributed by atoms with Gasteiger partial charge in [0.25, 0.3) is 0 Å². The third-order valence-corrected chi connectivity index (χ3v) is 13.2. The maximum atomic E-state index is 5.42. The van der Waals surface area contributed by atoms with Crippen LogP contribution in [0.1, 0.15) is 101 Å². The van der Waals surface area contributed by atoms with Gasteiger partial charge in [-0.25, -0.2) is 9.97 Å². The molecule has 3 aromatic heterocycles. The van der Waals surface area contributed by atoms with Crippen LogP contribution in [0.4, 0.5) is 0 Å². The second-order valence-electron chi connectivity index (χ2n) is 18.6. The summed E-state index contributed by atoms with van der Waals surface area (Å²) >= 11 is 0. The number of hydrogen-bond acceptors (Lipinski definition) is 2. The Kier molecular flexibility index (Phi) is 10.4. The van der Waals surface area contributed by atoms with E-state index in [1.54, 1.807) is 0 Å². The molecule has 0 radical (unpaired) electrons. The van der Waals surface area contributed by atoms with Gasteiger partial charge in [-0.3, -0.25) is 8.97 Å². The fraction of sp³-hybridized carbons (Fsp3) is 0.207. The number of fused-ring (bicyclic) bond motifs is 7. The van der Waals surface area contributed by atoms with Crippen LogP contribution < -0.4 is 16.4 Å². The van der Waals surface area contributed by atoms with E-state index in [1.807, 2.05) is 0 Å². The predicted octanol–water partition coefficient (Wildman–Crippen LogP) is 13.3. The first-order chi connectivity index (χ1) is 30.6. The van der Waals surface area contributed by atoms with Crippen LogP contribution in [0.2, 0.25) is 0 Å². The highest BCUT2D eigenvalue weighted by molar-refractivity contribution is 6.95. The van der Waals surface area contributed by atoms with E-state index in [2.05, 4.69) is 228 Å². The summed E-state index contributed by atoms with van der Waals surface area (Å²) in [6.45, 7) is 18.3. The minimum atomic E-state index is -0.0438. The third-order valence-electron chi connectivity index (χ3n) is 13.2. The van der Waals surface area contributed by atoms with Gasteiger partial charge < -0.3 is 0 Å². The van der Waals surface area contributed by atoms with Crippen molar-refractivity contribution in [1.29, 1.82) is 0 Å². The number of imidazole rings is 2. The maximum absolute atomic E-state index is 5.42. The van der Waals surface area contributed by atoms with Gasteiger partial charge in [0, 0.05) is 21.9 Å². The number of pyridine rings is 1. The van der Waals surface area contributed by atoms with Crippen molar-refractivity contribution >= 4 is 61.5 Å². The average molecular weight is 819 g/mol. The number of benzene rings is 7. The van der Waals surface area contributed by atoms with E-state index < -0.39 is 0 Å². The van der Waals surface area contributed by atoms with Gasteiger partial charge in [-0.15, -0.1) is 0 Å². The van der Waals surface area contributed by atoms with Gasteiger partial charge >= 0.3 is 0 Å². The molecule has 0 saturated carbocycles. The molecule has 310 valence electrons. The lowest BCUT2D eigenvalue weighted by Gasteiger charge is -2.23. The van der Waals surface area contributed by atoms with E-state index in [4.69, 9.17) is 9.97 Å². The maximum Gasteiger partial charge on any atom is 0.241 e. The number of para-hydroxylation sites is 4. The molecule has 10 rings (SSSR count). The Morgan fingerprint density at radius 3 is 1.71 bits per heavy atom. The van der Waals surface area contributed by atoms with Crippen LogP contribution in [0.5, 0.6) is 0 Å². The molecule has 0 aliphatic rings. The second kappa shape index (κ2) is 16.2. The molecule has 0 N–H and O–H groups in total. The Labute approximate surface area is 372 Å². The average Bonchev–Trinajstić information content (AvgIpc) is 3.92. The molecule has 63 heavy (non-hydrogen) atoms. The molecule has 4 nitrogen and oxygen atoms in total. The fourth-order valence-corrected chi connectivity index (χ4v) is 10.2. The van der Waals surface area contributed by atoms with Crippen LogP contribution in [0.15, 0.2) is 164 Å². The van der Waals surface area contributed by atoms with Gasteiger partial charge in [-0.05, 0) is 69.5 Å². The molecule has 0 bridgehead atoms. The van der Waals surface area contributed by atoms with Crippen LogP contribution in [-0.2, 0) is 0 Å². The van der Waals surface area contributed by atoms with Gasteiger partial charge in [0.15, 0.2) is 0 Å². The number of rotatable bonds is 10. The molecule has 0 amide bonds. The van der Waals surface area contributed by atoms with Crippen LogP contribution in [0.25, 0.3) is 66.7 Å². The first kappa shape index (κ1) is 40.4. The molecule has 0 fully saturated rings. The highest BCUT2D eigenvalue weighted by Gasteiger charge is 2.27. The Morgan fingerprint density at radius 1 is 0.460 bits per heavy atom. The zero-order chi connectivity index (χ0) is 43.5. The molecular formula is C58H55BN4. The molecule has 10 aromatic rings. The predicted molar refractivity (Wildman–Crippen MR) is 270 cm³/mol. The van der Waals surface area contributed by atoms with Crippen LogP contribution >= 0.6 is 0 Å². The van der Waals surface area contributed by atoms with Crippen molar-refractivity contribution in [3.63, 3.8) is 0 Å². The summed E-state index contributed by atoms with van der Waals surface area (Å²) < 4.78 is 4.87. The summed E-state index contributed by atoms with van der Waals surface area (Å²) in [5.74, 6) is 2.36. The van der Waals surface area contributed by atoms with E-state index >= 15 is 0 Å². The summed E-state index contributed by atoms with van der Waals surface area (Å²) in [7, 11) is 0. The summed E-state index contributed by atoms with van der Waals surface area (Å²) in [6, 6.07) is 58.2. The minimum Gasteiger partial charge on any atom is -0.292 e. The van der Waals surface area contributed by atoms with Gasteiger partial charge in [0.2, 0.25) is 6.71 Å². The summed E-state index contributed by atoms with van der Waals surface area (Å²) in [6.07, 6.45) is 2.12. The second-order valence-corrected chi connectivity index (χ2v) is 18.6. The fourth-order valence-electron chi connectivity index (χ4n) is 10.2. The third kappa shape index (κ3) is 6.86. The molecule has 0 unspecified atom stereocenters. The first-order valence-electron chi connectivity index (χ1n) is 22.8. The minimum absolute atomic E-state index is 0.0438. The summed E-state index contributed by atoms with van der Waals surface area (Å²) in [4.78, 5) is 10.7. The molecule has 0 aliphatic carbocycles. The molecule has 0 saturated heterocycles. The van der Waals surface area contributed by atoms with Gasteiger partial charge in [0.1, 0.15) is 11.5 Å². The van der Waals surface area contributed by atoms with Gasteiger partial charge in [0.05, 0.1) is 34.1 Å².